The number of hydrogen-bond acceptors (Lipinski definition) is 6. The van der Waals surface area contributed by atoms with Crippen molar-refractivity contribution < 1.29 is 14.0 Å². The highest BCUT2D eigenvalue weighted by atomic mass is 16.4. The molecule has 28 heavy (non-hydrogen) atoms. The molecule has 0 radical (unpaired) electrons. The Bertz CT molecular complexity index is 849. The van der Waals surface area contributed by atoms with Crippen LogP contribution in [0.15, 0.2) is 28.7 Å². The standard InChI is InChI=1S/C20H27N5O3/c21-17(26)8-12-24-11-7-14(13-24)20(18(22)27)9-3-4-10-25(20)19-23-15-5-1-2-6-16(15)28-19/h1-2,5-6,14H,3-4,7-13H2,(H2,21,26)(H2,22,27)/t14-,20?/m0/s1. The molecule has 2 amide bonds. The van der Waals surface area contributed by atoms with Gasteiger partial charge in [-0.3, -0.25) is 9.59 Å². The number of amides is 2. The fraction of sp³-hybridized carbons (Fsp3) is 0.550. The van der Waals surface area contributed by atoms with Crippen molar-refractivity contribution in [3.8, 4) is 0 Å². The highest BCUT2D eigenvalue weighted by Gasteiger charge is 2.53. The van der Waals surface area contributed by atoms with E-state index in [-0.39, 0.29) is 17.7 Å². The second-order valence-corrected chi connectivity index (χ2v) is 7.86. The van der Waals surface area contributed by atoms with Crippen molar-refractivity contribution in [1.82, 2.24) is 9.88 Å². The van der Waals surface area contributed by atoms with Crippen LogP contribution in [0.25, 0.3) is 11.1 Å². The number of para-hydroxylation sites is 2. The maximum atomic E-state index is 12.9. The number of oxazole rings is 1. The molecule has 1 aromatic carbocycles. The van der Waals surface area contributed by atoms with Crippen LogP contribution in [0.4, 0.5) is 6.01 Å². The number of primary amides is 2. The molecule has 0 saturated carbocycles. The lowest BCUT2D eigenvalue weighted by molar-refractivity contribution is -0.126. The lowest BCUT2D eigenvalue weighted by atomic mass is 9.75. The van der Waals surface area contributed by atoms with E-state index in [0.717, 1.165) is 31.3 Å². The molecule has 0 bridgehead atoms. The molecule has 2 atom stereocenters. The third-order valence-corrected chi connectivity index (χ3v) is 6.23. The Morgan fingerprint density at radius 3 is 2.79 bits per heavy atom. The molecule has 2 aliphatic heterocycles. The predicted molar refractivity (Wildman–Crippen MR) is 105 cm³/mol. The van der Waals surface area contributed by atoms with Crippen molar-refractivity contribution in [3.05, 3.63) is 24.3 Å². The number of aromatic nitrogens is 1. The number of likely N-dealkylation sites (tertiary alicyclic amines) is 1. The van der Waals surface area contributed by atoms with Gasteiger partial charge < -0.3 is 25.7 Å². The summed E-state index contributed by atoms with van der Waals surface area (Å²) in [5.41, 5.74) is 12.0. The van der Waals surface area contributed by atoms with Crippen LogP contribution in [0.1, 0.15) is 32.1 Å². The Kier molecular flexibility index (Phi) is 4.97. The van der Waals surface area contributed by atoms with Gasteiger partial charge in [-0.1, -0.05) is 12.1 Å². The molecule has 1 unspecified atom stereocenters. The minimum absolute atomic E-state index is 0.0631. The van der Waals surface area contributed by atoms with Gasteiger partial charge in [-0.05, 0) is 44.4 Å². The highest BCUT2D eigenvalue weighted by molar-refractivity contribution is 5.89. The minimum Gasteiger partial charge on any atom is -0.423 e. The summed E-state index contributed by atoms with van der Waals surface area (Å²) in [4.78, 5) is 32.8. The van der Waals surface area contributed by atoms with Gasteiger partial charge in [0, 0.05) is 32.0 Å². The summed E-state index contributed by atoms with van der Waals surface area (Å²) < 4.78 is 6.01. The molecule has 4 rings (SSSR count). The number of benzene rings is 1. The summed E-state index contributed by atoms with van der Waals surface area (Å²) in [6.07, 6.45) is 3.77. The van der Waals surface area contributed by atoms with Crippen LogP contribution in [-0.2, 0) is 9.59 Å². The maximum absolute atomic E-state index is 12.9. The lowest BCUT2D eigenvalue weighted by Crippen LogP contribution is -2.65. The quantitative estimate of drug-likeness (QED) is 0.772. The first-order valence-electron chi connectivity index (χ1n) is 9.94. The lowest BCUT2D eigenvalue weighted by Gasteiger charge is -2.47. The fourth-order valence-corrected chi connectivity index (χ4v) is 4.82. The summed E-state index contributed by atoms with van der Waals surface area (Å²) in [7, 11) is 0. The smallest absolute Gasteiger partial charge is 0.299 e. The fourth-order valence-electron chi connectivity index (χ4n) is 4.82. The van der Waals surface area contributed by atoms with E-state index < -0.39 is 5.54 Å². The molecule has 0 aliphatic carbocycles. The van der Waals surface area contributed by atoms with E-state index in [4.69, 9.17) is 15.9 Å². The first-order chi connectivity index (χ1) is 13.5. The summed E-state index contributed by atoms with van der Waals surface area (Å²) in [6.45, 7) is 2.85. The zero-order valence-corrected chi connectivity index (χ0v) is 16.0. The van der Waals surface area contributed by atoms with Gasteiger partial charge >= 0.3 is 0 Å². The molecule has 8 nitrogen and oxygen atoms in total. The second kappa shape index (κ2) is 7.43. The van der Waals surface area contributed by atoms with E-state index in [1.807, 2.05) is 29.2 Å². The van der Waals surface area contributed by atoms with Gasteiger partial charge in [0.2, 0.25) is 11.8 Å². The third kappa shape index (κ3) is 3.22. The van der Waals surface area contributed by atoms with Crippen molar-refractivity contribution in [3.63, 3.8) is 0 Å². The van der Waals surface area contributed by atoms with Gasteiger partial charge in [0.1, 0.15) is 11.1 Å². The van der Waals surface area contributed by atoms with Crippen molar-refractivity contribution in [2.45, 2.75) is 37.6 Å². The third-order valence-electron chi connectivity index (χ3n) is 6.23. The molecular formula is C20H27N5O3. The molecule has 2 aromatic rings. The van der Waals surface area contributed by atoms with E-state index >= 15 is 0 Å². The second-order valence-electron chi connectivity index (χ2n) is 7.86. The van der Waals surface area contributed by atoms with Crippen molar-refractivity contribution >= 4 is 28.9 Å². The Labute approximate surface area is 163 Å². The zero-order valence-electron chi connectivity index (χ0n) is 16.0. The Morgan fingerprint density at radius 1 is 1.21 bits per heavy atom. The average molecular weight is 385 g/mol. The first-order valence-corrected chi connectivity index (χ1v) is 9.94. The highest BCUT2D eigenvalue weighted by Crippen LogP contribution is 2.42. The monoisotopic (exact) mass is 385 g/mol. The molecule has 2 aliphatic rings. The Balaban J connectivity index is 1.65. The molecule has 2 saturated heterocycles. The SMILES string of the molecule is NC(=O)CCN1CC[C@H](C2(C(N)=O)CCCCN2c2nc3ccccc3o2)C1. The molecule has 1 aromatic heterocycles. The van der Waals surface area contributed by atoms with Crippen LogP contribution in [0, 0.1) is 5.92 Å². The normalized spacial score (nSPS) is 26.0. The number of anilines is 1. The summed E-state index contributed by atoms with van der Waals surface area (Å²) in [5, 5.41) is 0. The molecule has 150 valence electrons. The first kappa shape index (κ1) is 18.7. The molecule has 0 spiro atoms. The number of carbonyl (C=O) groups is 2. The number of fused-ring (bicyclic) bond motifs is 1. The van der Waals surface area contributed by atoms with Gasteiger partial charge in [-0.15, -0.1) is 0 Å². The topological polar surface area (TPSA) is 119 Å². The molecule has 4 N–H and O–H groups in total. The number of hydrogen-bond donors (Lipinski definition) is 2. The van der Waals surface area contributed by atoms with Gasteiger partial charge in [0.05, 0.1) is 0 Å². The molecule has 2 fully saturated rings. The maximum Gasteiger partial charge on any atom is 0.299 e. The van der Waals surface area contributed by atoms with Gasteiger partial charge in [-0.2, -0.15) is 4.98 Å². The van der Waals surface area contributed by atoms with E-state index in [1.54, 1.807) is 0 Å². The number of nitrogens with zero attached hydrogens (tertiary/aromatic N) is 3. The summed E-state index contributed by atoms with van der Waals surface area (Å²) >= 11 is 0. The minimum atomic E-state index is -0.819. The average Bonchev–Trinajstić information content (AvgIpc) is 3.33. The van der Waals surface area contributed by atoms with Crippen LogP contribution in [0.5, 0.6) is 0 Å². The van der Waals surface area contributed by atoms with Crippen molar-refractivity contribution in [2.24, 2.45) is 17.4 Å². The van der Waals surface area contributed by atoms with E-state index in [1.165, 1.54) is 0 Å². The van der Waals surface area contributed by atoms with Crippen LogP contribution in [0.2, 0.25) is 0 Å². The number of piperidine rings is 1. The van der Waals surface area contributed by atoms with Crippen molar-refractivity contribution in [2.75, 3.05) is 31.1 Å². The zero-order chi connectivity index (χ0) is 19.7. The molecule has 8 heteroatoms. The van der Waals surface area contributed by atoms with Gasteiger partial charge in [0.25, 0.3) is 6.01 Å². The van der Waals surface area contributed by atoms with Gasteiger partial charge in [0.15, 0.2) is 5.58 Å². The molecular weight excluding hydrogens is 358 g/mol. The van der Waals surface area contributed by atoms with E-state index in [0.29, 0.717) is 44.1 Å². The molecule has 3 heterocycles. The number of nitrogens with two attached hydrogens (primary N) is 2. The van der Waals surface area contributed by atoms with Crippen LogP contribution < -0.4 is 16.4 Å². The van der Waals surface area contributed by atoms with Crippen molar-refractivity contribution in [1.29, 1.82) is 0 Å². The summed E-state index contributed by atoms with van der Waals surface area (Å²) in [6, 6.07) is 8.07. The van der Waals surface area contributed by atoms with Crippen LogP contribution in [0.3, 0.4) is 0 Å². The van der Waals surface area contributed by atoms with E-state index in [9.17, 15) is 9.59 Å². The van der Waals surface area contributed by atoms with Crippen LogP contribution in [-0.4, -0.2) is 53.4 Å². The van der Waals surface area contributed by atoms with E-state index in [2.05, 4.69) is 9.88 Å². The summed E-state index contributed by atoms with van der Waals surface area (Å²) in [5.74, 6) is -0.566. The van der Waals surface area contributed by atoms with Gasteiger partial charge in [-0.25, -0.2) is 0 Å². The number of carbonyl (C=O) groups excluding carboxylic acids is 2. The Morgan fingerprint density at radius 2 is 2.04 bits per heavy atom. The number of rotatable bonds is 6. The largest absolute Gasteiger partial charge is 0.423 e. The van der Waals surface area contributed by atoms with Crippen LogP contribution >= 0.6 is 0 Å². The predicted octanol–water partition coefficient (Wildman–Crippen LogP) is 1.24. The Hall–Kier alpha value is -2.61.